The molecule has 0 fully saturated rings. The second-order valence-corrected chi connectivity index (χ2v) is 15.2. The van der Waals surface area contributed by atoms with Crippen LogP contribution in [-0.2, 0) is 61.3 Å². The minimum atomic E-state index is -1.45. The smallest absolute Gasteiger partial charge is 0.183 e. The van der Waals surface area contributed by atoms with E-state index in [1.165, 1.54) is 0 Å². The predicted molar refractivity (Wildman–Crippen MR) is 174 cm³/mol. The van der Waals surface area contributed by atoms with E-state index in [-0.39, 0.29) is 0 Å². The summed E-state index contributed by atoms with van der Waals surface area (Å²) in [5.41, 5.74) is 0. The third-order valence-electron chi connectivity index (χ3n) is 5.50. The van der Waals surface area contributed by atoms with Gasteiger partial charge in [-0.1, -0.05) is 13.3 Å². The molecule has 0 aliphatic rings. The normalized spacial score (nSPS) is 12.0. The van der Waals surface area contributed by atoms with E-state index in [1.807, 2.05) is 0 Å². The van der Waals surface area contributed by atoms with Crippen molar-refractivity contribution in [1.82, 2.24) is 0 Å². The third-order valence-corrected chi connectivity index (χ3v) is 6.57. The van der Waals surface area contributed by atoms with Crippen LogP contribution in [-0.4, -0.2) is 173 Å². The molecule has 272 valence electrons. The summed E-state index contributed by atoms with van der Waals surface area (Å²) in [4.78, 5) is 0. The fraction of sp³-hybridized carbons (Fsp3) is 1.00. The summed E-state index contributed by atoms with van der Waals surface area (Å²) in [7, 11) is -1.45. The summed E-state index contributed by atoms with van der Waals surface area (Å²) in [5.74, 6) is 0. The zero-order valence-corrected chi connectivity index (χ0v) is 29.9. The Bertz CT molecular complexity index is 544. The molecule has 0 atom stereocenters. The quantitative estimate of drug-likeness (QED) is 0.0701. The van der Waals surface area contributed by atoms with Crippen LogP contribution >= 0.6 is 0 Å². The summed E-state index contributed by atoms with van der Waals surface area (Å²) < 4.78 is 71.3. The van der Waals surface area contributed by atoms with E-state index in [2.05, 4.69) is 26.6 Å². The van der Waals surface area contributed by atoms with Crippen LogP contribution in [0.1, 0.15) is 19.8 Å². The van der Waals surface area contributed by atoms with Crippen molar-refractivity contribution < 1.29 is 61.3 Å². The van der Waals surface area contributed by atoms with Gasteiger partial charge >= 0.3 is 0 Å². The van der Waals surface area contributed by atoms with Gasteiger partial charge < -0.3 is 61.3 Å². The molecule has 0 saturated carbocycles. The van der Waals surface area contributed by atoms with Crippen molar-refractivity contribution in [2.45, 2.75) is 39.4 Å². The Hall–Kier alpha value is -0.303. The van der Waals surface area contributed by atoms with E-state index >= 15 is 0 Å². The first-order chi connectivity index (χ1) is 22.1. The Morgan fingerprint density at radius 1 is 0.267 bits per heavy atom. The molecule has 0 heterocycles. The molecule has 0 aromatic heterocycles. The topological polar surface area (TPSA) is 120 Å². The van der Waals surface area contributed by atoms with Crippen molar-refractivity contribution in [3.05, 3.63) is 0 Å². The summed E-state index contributed by atoms with van der Waals surface area (Å²) in [6, 6.07) is 0. The van der Waals surface area contributed by atoms with Gasteiger partial charge in [0.2, 0.25) is 0 Å². The van der Waals surface area contributed by atoms with Gasteiger partial charge in [-0.2, -0.15) is 0 Å². The average Bonchev–Trinajstić information content (AvgIpc) is 3.01. The second-order valence-electron chi connectivity index (χ2n) is 10.7. The van der Waals surface area contributed by atoms with E-state index < -0.39 is 8.32 Å². The monoisotopic (exact) mass is 674 g/mol. The molecule has 0 aliphatic carbocycles. The molecule has 0 unspecified atom stereocenters. The number of hydrogen-bond donors (Lipinski definition) is 0. The SMILES string of the molecule is CCCCOCCOCCOCCOCCOCCOCCOCCOCCOCCOCCOCCOCCO[Si](C)(C)C. The van der Waals surface area contributed by atoms with Crippen LogP contribution in [0.3, 0.4) is 0 Å². The van der Waals surface area contributed by atoms with Crippen molar-refractivity contribution >= 4 is 8.32 Å². The maximum atomic E-state index is 5.72. The van der Waals surface area contributed by atoms with Gasteiger partial charge in [-0.15, -0.1) is 0 Å². The molecule has 0 rings (SSSR count). The molecule has 0 amide bonds. The Kier molecular flexibility index (Phi) is 37.9. The Labute approximate surface area is 274 Å². The molecule has 0 aromatic carbocycles. The number of rotatable bonds is 40. The van der Waals surface area contributed by atoms with Crippen LogP contribution in [0.15, 0.2) is 0 Å². The standard InChI is InChI=1S/C31H66O13Si/c1-5-6-7-32-8-9-33-10-11-34-12-13-35-14-15-36-16-17-37-18-19-38-20-21-39-22-23-40-24-25-41-26-27-42-28-29-43-30-31-44-45(2,3)4/h5-31H2,1-4H3. The van der Waals surface area contributed by atoms with Crippen molar-refractivity contribution in [2.24, 2.45) is 0 Å². The van der Waals surface area contributed by atoms with E-state index in [0.29, 0.717) is 159 Å². The van der Waals surface area contributed by atoms with Crippen LogP contribution in [0, 0.1) is 0 Å². The molecule has 0 bridgehead atoms. The van der Waals surface area contributed by atoms with E-state index in [1.54, 1.807) is 0 Å². The molecule has 0 spiro atoms. The highest BCUT2D eigenvalue weighted by atomic mass is 28.4. The average molecular weight is 675 g/mol. The summed E-state index contributed by atoms with van der Waals surface area (Å²) in [6.45, 7) is 22.6. The van der Waals surface area contributed by atoms with E-state index in [4.69, 9.17) is 61.3 Å². The van der Waals surface area contributed by atoms with Gasteiger partial charge in [0.15, 0.2) is 8.32 Å². The fourth-order valence-corrected chi connectivity index (χ4v) is 3.87. The molecule has 14 heteroatoms. The first kappa shape index (κ1) is 44.7. The van der Waals surface area contributed by atoms with Gasteiger partial charge in [-0.05, 0) is 26.1 Å². The molecular formula is C31H66O13Si. The van der Waals surface area contributed by atoms with E-state index in [9.17, 15) is 0 Å². The van der Waals surface area contributed by atoms with Crippen LogP contribution in [0.5, 0.6) is 0 Å². The third kappa shape index (κ3) is 43.7. The minimum absolute atomic E-state index is 0.516. The highest BCUT2D eigenvalue weighted by Gasteiger charge is 2.13. The molecule has 0 saturated heterocycles. The largest absolute Gasteiger partial charge is 0.415 e. The zero-order valence-electron chi connectivity index (χ0n) is 28.9. The lowest BCUT2D eigenvalue weighted by molar-refractivity contribution is -0.0285. The van der Waals surface area contributed by atoms with Crippen molar-refractivity contribution in [2.75, 3.05) is 165 Å². The first-order valence-corrected chi connectivity index (χ1v) is 20.0. The summed E-state index contributed by atoms with van der Waals surface area (Å²) in [6.07, 6.45) is 2.24. The Morgan fingerprint density at radius 2 is 0.444 bits per heavy atom. The van der Waals surface area contributed by atoms with Crippen LogP contribution in [0.2, 0.25) is 19.6 Å². The van der Waals surface area contributed by atoms with Gasteiger partial charge in [0.1, 0.15) is 0 Å². The highest BCUT2D eigenvalue weighted by molar-refractivity contribution is 6.69. The number of unbranched alkanes of at least 4 members (excludes halogenated alkanes) is 1. The van der Waals surface area contributed by atoms with Crippen molar-refractivity contribution in [3.8, 4) is 0 Å². The van der Waals surface area contributed by atoms with Gasteiger partial charge in [-0.25, -0.2) is 0 Å². The minimum Gasteiger partial charge on any atom is -0.415 e. The highest BCUT2D eigenvalue weighted by Crippen LogP contribution is 2.01. The molecule has 13 nitrogen and oxygen atoms in total. The van der Waals surface area contributed by atoms with Gasteiger partial charge in [0, 0.05) is 6.61 Å². The maximum absolute atomic E-state index is 5.72. The first-order valence-electron chi connectivity index (χ1n) is 16.6. The number of ether oxygens (including phenoxy) is 12. The van der Waals surface area contributed by atoms with Crippen LogP contribution in [0.4, 0.5) is 0 Å². The molecule has 0 N–H and O–H groups in total. The van der Waals surface area contributed by atoms with Gasteiger partial charge in [-0.3, -0.25) is 0 Å². The van der Waals surface area contributed by atoms with Crippen molar-refractivity contribution in [1.29, 1.82) is 0 Å². The summed E-state index contributed by atoms with van der Waals surface area (Å²) in [5, 5.41) is 0. The number of hydrogen-bond acceptors (Lipinski definition) is 13. The lowest BCUT2D eigenvalue weighted by atomic mass is 10.4. The van der Waals surface area contributed by atoms with Crippen LogP contribution in [0.25, 0.3) is 0 Å². The Balaban J connectivity index is 3.05. The molecule has 0 radical (unpaired) electrons. The van der Waals surface area contributed by atoms with Gasteiger partial charge in [0.25, 0.3) is 0 Å². The fourth-order valence-electron chi connectivity index (χ4n) is 3.17. The van der Waals surface area contributed by atoms with Gasteiger partial charge in [0.05, 0.1) is 159 Å². The van der Waals surface area contributed by atoms with E-state index in [0.717, 1.165) is 19.4 Å². The predicted octanol–water partition coefficient (Wildman–Crippen LogP) is 2.84. The maximum Gasteiger partial charge on any atom is 0.183 e. The second kappa shape index (κ2) is 38.1. The molecule has 0 aromatic rings. The lowest BCUT2D eigenvalue weighted by Crippen LogP contribution is -2.27. The lowest BCUT2D eigenvalue weighted by Gasteiger charge is -2.16. The molecule has 0 aliphatic heterocycles. The molecular weight excluding hydrogens is 608 g/mol. The van der Waals surface area contributed by atoms with Crippen LogP contribution < -0.4 is 0 Å². The van der Waals surface area contributed by atoms with Crippen molar-refractivity contribution in [3.63, 3.8) is 0 Å². The zero-order chi connectivity index (χ0) is 32.8. The summed E-state index contributed by atoms with van der Waals surface area (Å²) >= 11 is 0. The Morgan fingerprint density at radius 3 is 0.622 bits per heavy atom. The molecule has 45 heavy (non-hydrogen) atoms.